The number of anilines is 1. The molecule has 1 aromatic rings. The van der Waals surface area contributed by atoms with Crippen molar-refractivity contribution in [1.82, 2.24) is 4.98 Å². The maximum Gasteiger partial charge on any atom is 0.163 e. The highest BCUT2D eigenvalue weighted by Gasteiger charge is 2.06. The number of aromatic nitrogens is 1. The van der Waals surface area contributed by atoms with Gasteiger partial charge < -0.3 is 5.32 Å². The van der Waals surface area contributed by atoms with E-state index >= 15 is 0 Å². The number of carbonyl (C=O) groups is 1. The molecule has 0 aliphatic heterocycles. The average molecular weight is 164 g/mol. The number of nitrogens with one attached hydrogen (secondary N) is 1. The van der Waals surface area contributed by atoms with Crippen molar-refractivity contribution in [3.8, 4) is 0 Å². The molecule has 0 atom stereocenters. The summed E-state index contributed by atoms with van der Waals surface area (Å²) in [5, 5.41) is 2.87. The second-order valence-corrected chi connectivity index (χ2v) is 2.72. The van der Waals surface area contributed by atoms with E-state index in [0.717, 1.165) is 5.56 Å². The number of pyridine rings is 1. The monoisotopic (exact) mass is 164 g/mol. The van der Waals surface area contributed by atoms with E-state index in [2.05, 4.69) is 10.3 Å². The summed E-state index contributed by atoms with van der Waals surface area (Å²) in [5.41, 5.74) is 1.65. The number of rotatable bonds is 2. The smallest absolute Gasteiger partial charge is 0.163 e. The van der Waals surface area contributed by atoms with Gasteiger partial charge >= 0.3 is 0 Å². The average Bonchev–Trinajstić information content (AvgIpc) is 2.04. The normalized spacial score (nSPS) is 9.58. The first-order valence-electron chi connectivity index (χ1n) is 3.80. The fourth-order valence-electron chi connectivity index (χ4n) is 1.04. The molecule has 1 heterocycles. The van der Waals surface area contributed by atoms with E-state index in [9.17, 15) is 4.79 Å². The molecular formula is C9H12N2O. The maximum absolute atomic E-state index is 11.1. The van der Waals surface area contributed by atoms with Gasteiger partial charge in [0.15, 0.2) is 5.78 Å². The van der Waals surface area contributed by atoms with E-state index in [1.54, 1.807) is 13.2 Å². The van der Waals surface area contributed by atoms with E-state index in [4.69, 9.17) is 0 Å². The van der Waals surface area contributed by atoms with Gasteiger partial charge in [-0.1, -0.05) is 0 Å². The van der Waals surface area contributed by atoms with Crippen molar-refractivity contribution in [3.05, 3.63) is 23.4 Å². The van der Waals surface area contributed by atoms with Crippen LogP contribution in [0.3, 0.4) is 0 Å². The summed E-state index contributed by atoms with van der Waals surface area (Å²) in [7, 11) is 1.75. The van der Waals surface area contributed by atoms with Gasteiger partial charge in [-0.25, -0.2) is 4.98 Å². The lowest BCUT2D eigenvalue weighted by molar-refractivity contribution is 0.101. The molecule has 0 radical (unpaired) electrons. The Morgan fingerprint density at radius 2 is 2.25 bits per heavy atom. The molecule has 0 saturated carbocycles. The van der Waals surface area contributed by atoms with Crippen LogP contribution in [0.1, 0.15) is 22.8 Å². The zero-order valence-electron chi connectivity index (χ0n) is 7.51. The van der Waals surface area contributed by atoms with Crippen LogP contribution in [0.15, 0.2) is 12.3 Å². The second kappa shape index (κ2) is 3.34. The lowest BCUT2D eigenvalue weighted by Crippen LogP contribution is -2.02. The summed E-state index contributed by atoms with van der Waals surface area (Å²) in [5.74, 6) is 0.684. The molecule has 64 valence electrons. The minimum atomic E-state index is 0.0375. The van der Waals surface area contributed by atoms with Gasteiger partial charge in [-0.3, -0.25) is 4.79 Å². The molecule has 3 nitrogen and oxygen atoms in total. The van der Waals surface area contributed by atoms with Crippen LogP contribution in [0, 0.1) is 6.92 Å². The fraction of sp³-hybridized carbons (Fsp3) is 0.333. The molecule has 12 heavy (non-hydrogen) atoms. The van der Waals surface area contributed by atoms with Gasteiger partial charge in [-0.2, -0.15) is 0 Å². The second-order valence-electron chi connectivity index (χ2n) is 2.72. The Morgan fingerprint density at radius 3 is 2.75 bits per heavy atom. The van der Waals surface area contributed by atoms with E-state index in [0.29, 0.717) is 11.4 Å². The highest BCUT2D eigenvalue weighted by atomic mass is 16.1. The van der Waals surface area contributed by atoms with Crippen LogP contribution in [0.2, 0.25) is 0 Å². The van der Waals surface area contributed by atoms with Crippen LogP contribution < -0.4 is 5.32 Å². The molecule has 0 unspecified atom stereocenters. The molecule has 0 amide bonds. The minimum absolute atomic E-state index is 0.0375. The third kappa shape index (κ3) is 1.61. The molecule has 0 aromatic carbocycles. The van der Waals surface area contributed by atoms with Gasteiger partial charge in [0, 0.05) is 13.2 Å². The van der Waals surface area contributed by atoms with E-state index < -0.39 is 0 Å². The maximum atomic E-state index is 11.1. The van der Waals surface area contributed by atoms with Gasteiger partial charge in [0.25, 0.3) is 0 Å². The molecule has 1 rings (SSSR count). The number of ketones is 1. The quantitative estimate of drug-likeness (QED) is 0.675. The number of hydrogen-bond acceptors (Lipinski definition) is 3. The van der Waals surface area contributed by atoms with Crippen LogP contribution in [0.5, 0.6) is 0 Å². The van der Waals surface area contributed by atoms with Crippen molar-refractivity contribution >= 4 is 11.6 Å². The zero-order valence-corrected chi connectivity index (χ0v) is 7.51. The molecule has 0 spiro atoms. The Kier molecular flexibility index (Phi) is 2.43. The standard InChI is InChI=1S/C9H12N2O/c1-6-4-8(7(2)12)9(10-3)11-5-6/h4-5H,1-3H3,(H,10,11). The van der Waals surface area contributed by atoms with Crippen molar-refractivity contribution in [2.45, 2.75) is 13.8 Å². The topological polar surface area (TPSA) is 42.0 Å². The molecular weight excluding hydrogens is 152 g/mol. The Bertz CT molecular complexity index is 307. The third-order valence-electron chi connectivity index (χ3n) is 1.64. The van der Waals surface area contributed by atoms with Gasteiger partial charge in [-0.15, -0.1) is 0 Å². The van der Waals surface area contributed by atoms with Crippen LogP contribution in [-0.4, -0.2) is 17.8 Å². The number of carbonyl (C=O) groups excluding carboxylic acids is 1. The summed E-state index contributed by atoms with van der Waals surface area (Å²) >= 11 is 0. The fourth-order valence-corrected chi connectivity index (χ4v) is 1.04. The highest BCUT2D eigenvalue weighted by Crippen LogP contribution is 2.13. The first kappa shape index (κ1) is 8.71. The summed E-state index contributed by atoms with van der Waals surface area (Å²) in [4.78, 5) is 15.2. The predicted molar refractivity (Wildman–Crippen MR) is 48.5 cm³/mol. The number of aryl methyl sites for hydroxylation is 1. The van der Waals surface area contributed by atoms with Crippen LogP contribution >= 0.6 is 0 Å². The summed E-state index contributed by atoms with van der Waals surface area (Å²) in [6.07, 6.45) is 1.73. The van der Waals surface area contributed by atoms with Crippen LogP contribution in [0.4, 0.5) is 5.82 Å². The van der Waals surface area contributed by atoms with Crippen molar-refractivity contribution in [1.29, 1.82) is 0 Å². The molecule has 0 bridgehead atoms. The van der Waals surface area contributed by atoms with Crippen LogP contribution in [0.25, 0.3) is 0 Å². The number of hydrogen-bond donors (Lipinski definition) is 1. The number of nitrogens with zero attached hydrogens (tertiary/aromatic N) is 1. The van der Waals surface area contributed by atoms with Crippen molar-refractivity contribution < 1.29 is 4.79 Å². The molecule has 0 fully saturated rings. The van der Waals surface area contributed by atoms with E-state index in [1.807, 2.05) is 13.0 Å². The lowest BCUT2D eigenvalue weighted by atomic mass is 10.1. The van der Waals surface area contributed by atoms with Crippen LogP contribution in [-0.2, 0) is 0 Å². The molecule has 3 heteroatoms. The minimum Gasteiger partial charge on any atom is -0.373 e. The number of Topliss-reactive ketones (excluding diaryl/α,β-unsaturated/α-hetero) is 1. The first-order valence-corrected chi connectivity index (χ1v) is 3.80. The van der Waals surface area contributed by atoms with Crippen molar-refractivity contribution in [3.63, 3.8) is 0 Å². The Balaban J connectivity index is 3.21. The lowest BCUT2D eigenvalue weighted by Gasteiger charge is -2.04. The molecule has 0 aliphatic carbocycles. The third-order valence-corrected chi connectivity index (χ3v) is 1.64. The van der Waals surface area contributed by atoms with Gasteiger partial charge in [0.1, 0.15) is 5.82 Å². The Morgan fingerprint density at radius 1 is 1.58 bits per heavy atom. The molecule has 0 saturated heterocycles. The van der Waals surface area contributed by atoms with Crippen molar-refractivity contribution in [2.75, 3.05) is 12.4 Å². The summed E-state index contributed by atoms with van der Waals surface area (Å²) in [6.45, 7) is 3.45. The Hall–Kier alpha value is -1.38. The van der Waals surface area contributed by atoms with Gasteiger partial charge in [0.2, 0.25) is 0 Å². The molecule has 1 N–H and O–H groups in total. The van der Waals surface area contributed by atoms with Crippen molar-refractivity contribution in [2.24, 2.45) is 0 Å². The Labute approximate surface area is 71.8 Å². The predicted octanol–water partition coefficient (Wildman–Crippen LogP) is 1.63. The molecule has 0 aliphatic rings. The molecule has 1 aromatic heterocycles. The summed E-state index contributed by atoms with van der Waals surface area (Å²) < 4.78 is 0. The largest absolute Gasteiger partial charge is 0.373 e. The van der Waals surface area contributed by atoms with E-state index in [-0.39, 0.29) is 5.78 Å². The summed E-state index contributed by atoms with van der Waals surface area (Å²) in [6, 6.07) is 1.83. The van der Waals surface area contributed by atoms with Gasteiger partial charge in [-0.05, 0) is 25.5 Å². The SMILES string of the molecule is CNc1ncc(C)cc1C(C)=O. The van der Waals surface area contributed by atoms with E-state index in [1.165, 1.54) is 6.92 Å². The highest BCUT2D eigenvalue weighted by molar-refractivity contribution is 5.98. The first-order chi connectivity index (χ1) is 5.65. The van der Waals surface area contributed by atoms with Gasteiger partial charge in [0.05, 0.1) is 5.56 Å². The zero-order chi connectivity index (χ0) is 9.14.